The molecule has 0 aliphatic carbocycles. The zero-order valence-corrected chi connectivity index (χ0v) is 12.6. The van der Waals surface area contributed by atoms with Crippen molar-refractivity contribution in [3.63, 3.8) is 0 Å². The number of rotatable bonds is 3. The van der Waals surface area contributed by atoms with Gasteiger partial charge in [0.25, 0.3) is 5.91 Å². The van der Waals surface area contributed by atoms with Gasteiger partial charge in [-0.3, -0.25) is 10.1 Å². The number of aromatic nitrogens is 2. The molecule has 0 aliphatic heterocycles. The number of aryl methyl sites for hydroxylation is 2. The molecule has 4 nitrogen and oxygen atoms in total. The number of carbonyl (C=O) groups excluding carboxylic acids is 1. The van der Waals surface area contributed by atoms with E-state index in [0.717, 1.165) is 16.3 Å². The molecule has 5 heteroatoms. The Hall–Kier alpha value is -2.40. The van der Waals surface area contributed by atoms with Crippen LogP contribution in [0.2, 0.25) is 0 Å². The molecule has 3 rings (SSSR count). The van der Waals surface area contributed by atoms with E-state index >= 15 is 0 Å². The van der Waals surface area contributed by atoms with Gasteiger partial charge in [-0.05, 0) is 44.2 Å². The summed E-state index contributed by atoms with van der Waals surface area (Å²) in [7, 11) is 0. The quantitative estimate of drug-likeness (QED) is 0.799. The van der Waals surface area contributed by atoms with Crippen molar-refractivity contribution in [2.24, 2.45) is 0 Å². The molecular weight excluding hydrogens is 282 g/mol. The molecular formula is C16H15N3OS. The molecule has 0 aliphatic rings. The fourth-order valence-corrected chi connectivity index (χ4v) is 2.82. The van der Waals surface area contributed by atoms with E-state index in [4.69, 9.17) is 0 Å². The predicted molar refractivity (Wildman–Crippen MR) is 85.3 cm³/mol. The van der Waals surface area contributed by atoms with E-state index in [-0.39, 0.29) is 5.91 Å². The Kier molecular flexibility index (Phi) is 3.58. The second-order valence-corrected chi connectivity index (χ2v) is 5.96. The number of amides is 1. The van der Waals surface area contributed by atoms with Crippen LogP contribution < -0.4 is 5.32 Å². The zero-order chi connectivity index (χ0) is 14.8. The van der Waals surface area contributed by atoms with Crippen LogP contribution in [0, 0.1) is 13.8 Å². The lowest BCUT2D eigenvalue weighted by Gasteiger charge is -2.06. The maximum atomic E-state index is 12.3. The van der Waals surface area contributed by atoms with Gasteiger partial charge in [0.2, 0.25) is 0 Å². The normalized spacial score (nSPS) is 10.6. The lowest BCUT2D eigenvalue weighted by atomic mass is 10.2. The van der Waals surface area contributed by atoms with Crippen LogP contribution in [0.4, 0.5) is 5.13 Å². The van der Waals surface area contributed by atoms with Crippen molar-refractivity contribution in [1.29, 1.82) is 0 Å². The first-order valence-electron chi connectivity index (χ1n) is 6.62. The first-order chi connectivity index (χ1) is 10.1. The lowest BCUT2D eigenvalue weighted by molar-refractivity contribution is 0.102. The van der Waals surface area contributed by atoms with Crippen molar-refractivity contribution in [3.05, 3.63) is 64.9 Å². The van der Waals surface area contributed by atoms with Crippen molar-refractivity contribution in [3.8, 4) is 5.69 Å². The fraction of sp³-hybridized carbons (Fsp3) is 0.125. The standard InChI is InChI=1S/C16H15N3OS/c1-11-12(2)21-16(17-11)18-15(20)13-6-5-7-14(10-13)19-8-3-4-9-19/h3-10H,1-2H3,(H,17,18,20). The van der Waals surface area contributed by atoms with Gasteiger partial charge in [-0.25, -0.2) is 4.98 Å². The summed E-state index contributed by atoms with van der Waals surface area (Å²) in [4.78, 5) is 17.7. The summed E-state index contributed by atoms with van der Waals surface area (Å²) in [6.45, 7) is 3.93. The smallest absolute Gasteiger partial charge is 0.257 e. The van der Waals surface area contributed by atoms with Crippen LogP contribution >= 0.6 is 11.3 Å². The van der Waals surface area contributed by atoms with Gasteiger partial charge in [-0.1, -0.05) is 6.07 Å². The minimum Gasteiger partial charge on any atom is -0.324 e. The van der Waals surface area contributed by atoms with Crippen molar-refractivity contribution in [2.75, 3.05) is 5.32 Å². The van der Waals surface area contributed by atoms with Crippen molar-refractivity contribution >= 4 is 22.4 Å². The molecule has 0 radical (unpaired) electrons. The Balaban J connectivity index is 1.83. The molecule has 2 heterocycles. The number of nitrogens with one attached hydrogen (secondary N) is 1. The predicted octanol–water partition coefficient (Wildman–Crippen LogP) is 3.80. The van der Waals surface area contributed by atoms with E-state index in [0.29, 0.717) is 10.7 Å². The number of hydrogen-bond donors (Lipinski definition) is 1. The number of hydrogen-bond acceptors (Lipinski definition) is 3. The summed E-state index contributed by atoms with van der Waals surface area (Å²) in [5.41, 5.74) is 2.53. The molecule has 0 bridgehead atoms. The fourth-order valence-electron chi connectivity index (χ4n) is 2.01. The third-order valence-electron chi connectivity index (χ3n) is 3.26. The van der Waals surface area contributed by atoms with Crippen LogP contribution in [0.5, 0.6) is 0 Å². The maximum absolute atomic E-state index is 12.3. The molecule has 0 spiro atoms. The summed E-state index contributed by atoms with van der Waals surface area (Å²) < 4.78 is 1.97. The van der Waals surface area contributed by atoms with Crippen LogP contribution in [0.1, 0.15) is 20.9 Å². The largest absolute Gasteiger partial charge is 0.324 e. The third kappa shape index (κ3) is 2.87. The van der Waals surface area contributed by atoms with Gasteiger partial charge < -0.3 is 4.57 Å². The Labute approximate surface area is 127 Å². The third-order valence-corrected chi connectivity index (χ3v) is 4.25. The Morgan fingerprint density at radius 1 is 1.19 bits per heavy atom. The molecule has 106 valence electrons. The Morgan fingerprint density at radius 2 is 1.95 bits per heavy atom. The molecule has 0 unspecified atom stereocenters. The van der Waals surface area contributed by atoms with E-state index < -0.39 is 0 Å². The summed E-state index contributed by atoms with van der Waals surface area (Å²) in [5, 5.41) is 3.49. The minimum absolute atomic E-state index is 0.141. The highest BCUT2D eigenvalue weighted by atomic mass is 32.1. The molecule has 1 N–H and O–H groups in total. The van der Waals surface area contributed by atoms with Gasteiger partial charge >= 0.3 is 0 Å². The molecule has 0 saturated heterocycles. The molecule has 0 fully saturated rings. The van der Waals surface area contributed by atoms with Gasteiger partial charge in [-0.15, -0.1) is 11.3 Å². The summed E-state index contributed by atoms with van der Waals surface area (Å²) in [5.74, 6) is -0.141. The van der Waals surface area contributed by atoms with Crippen LogP contribution in [-0.2, 0) is 0 Å². The summed E-state index contributed by atoms with van der Waals surface area (Å²) in [6.07, 6.45) is 3.90. The first kappa shape index (κ1) is 13.6. The van der Waals surface area contributed by atoms with E-state index in [1.165, 1.54) is 11.3 Å². The van der Waals surface area contributed by atoms with Crippen molar-refractivity contribution in [2.45, 2.75) is 13.8 Å². The summed E-state index contributed by atoms with van der Waals surface area (Å²) >= 11 is 1.49. The number of anilines is 1. The highest BCUT2D eigenvalue weighted by Gasteiger charge is 2.10. The van der Waals surface area contributed by atoms with Gasteiger partial charge in [-0.2, -0.15) is 0 Å². The highest BCUT2D eigenvalue weighted by Crippen LogP contribution is 2.22. The van der Waals surface area contributed by atoms with Gasteiger partial charge in [0.1, 0.15) is 0 Å². The Morgan fingerprint density at radius 3 is 2.62 bits per heavy atom. The first-order valence-corrected chi connectivity index (χ1v) is 7.44. The topological polar surface area (TPSA) is 46.9 Å². The van der Waals surface area contributed by atoms with E-state index in [2.05, 4.69) is 10.3 Å². The van der Waals surface area contributed by atoms with Crippen LogP contribution in [0.3, 0.4) is 0 Å². The van der Waals surface area contributed by atoms with E-state index in [1.54, 1.807) is 6.07 Å². The number of carbonyl (C=O) groups is 1. The Bertz CT molecular complexity index is 755. The maximum Gasteiger partial charge on any atom is 0.257 e. The minimum atomic E-state index is -0.141. The number of benzene rings is 1. The average Bonchev–Trinajstić information content (AvgIpc) is 3.10. The van der Waals surface area contributed by atoms with Crippen LogP contribution in [0.25, 0.3) is 5.69 Å². The second kappa shape index (κ2) is 5.54. The molecule has 3 aromatic rings. The van der Waals surface area contributed by atoms with Gasteiger partial charge in [0, 0.05) is 28.5 Å². The van der Waals surface area contributed by atoms with Gasteiger partial charge in [0.05, 0.1) is 5.69 Å². The molecule has 0 saturated carbocycles. The molecule has 0 atom stereocenters. The molecule has 1 aromatic carbocycles. The number of thiazole rings is 1. The van der Waals surface area contributed by atoms with Crippen molar-refractivity contribution < 1.29 is 4.79 Å². The molecule has 21 heavy (non-hydrogen) atoms. The lowest BCUT2D eigenvalue weighted by Crippen LogP contribution is -2.12. The number of nitrogens with zero attached hydrogens (tertiary/aromatic N) is 2. The average molecular weight is 297 g/mol. The SMILES string of the molecule is Cc1nc(NC(=O)c2cccc(-n3cccc3)c2)sc1C. The highest BCUT2D eigenvalue weighted by molar-refractivity contribution is 7.15. The van der Waals surface area contributed by atoms with Gasteiger partial charge in [0.15, 0.2) is 5.13 Å². The molecule has 2 aromatic heterocycles. The van der Waals surface area contributed by atoms with Crippen LogP contribution in [-0.4, -0.2) is 15.5 Å². The van der Waals surface area contributed by atoms with E-state index in [9.17, 15) is 4.79 Å². The second-order valence-electron chi connectivity index (χ2n) is 4.76. The molecule has 1 amide bonds. The monoisotopic (exact) mass is 297 g/mol. The van der Waals surface area contributed by atoms with E-state index in [1.807, 2.05) is 61.1 Å². The summed E-state index contributed by atoms with van der Waals surface area (Å²) in [6, 6.07) is 11.4. The zero-order valence-electron chi connectivity index (χ0n) is 11.8. The van der Waals surface area contributed by atoms with Crippen molar-refractivity contribution in [1.82, 2.24) is 9.55 Å². The van der Waals surface area contributed by atoms with Crippen LogP contribution in [0.15, 0.2) is 48.8 Å².